The Balaban J connectivity index is 2.18. The number of hydrogen-bond donors (Lipinski definition) is 1. The van der Waals surface area contributed by atoms with E-state index in [1.807, 2.05) is 0 Å². The molecule has 19 heavy (non-hydrogen) atoms. The summed E-state index contributed by atoms with van der Waals surface area (Å²) in [5.74, 6) is 1.13. The van der Waals surface area contributed by atoms with Gasteiger partial charge in [-0.1, -0.05) is 11.8 Å². The number of rotatable bonds is 6. The van der Waals surface area contributed by atoms with Crippen LogP contribution in [-0.4, -0.2) is 37.2 Å². The number of furan rings is 1. The molecule has 102 valence electrons. The highest BCUT2D eigenvalue weighted by atomic mass is 32.2. The molecular weight excluding hydrogens is 272 g/mol. The van der Waals surface area contributed by atoms with Crippen molar-refractivity contribution in [2.24, 2.45) is 7.05 Å². The number of nitro groups is 1. The Morgan fingerprint density at radius 3 is 2.95 bits per heavy atom. The molecule has 0 bridgehead atoms. The normalized spacial score (nSPS) is 10.8. The molecule has 0 atom stereocenters. The molecule has 2 rings (SSSR count). The molecule has 9 heteroatoms. The molecule has 0 saturated carbocycles. The summed E-state index contributed by atoms with van der Waals surface area (Å²) in [5.41, 5.74) is 0. The lowest BCUT2D eigenvalue weighted by Gasteiger charge is -2.00. The van der Waals surface area contributed by atoms with Crippen LogP contribution in [0.3, 0.4) is 0 Å². The van der Waals surface area contributed by atoms with Gasteiger partial charge < -0.3 is 14.1 Å². The van der Waals surface area contributed by atoms with E-state index in [0.29, 0.717) is 23.2 Å². The topological polar surface area (TPSA) is 107 Å². The van der Waals surface area contributed by atoms with Crippen LogP contribution in [0.25, 0.3) is 11.6 Å². The predicted octanol–water partition coefficient (Wildman–Crippen LogP) is 1.46. The van der Waals surface area contributed by atoms with Crippen LogP contribution in [-0.2, 0) is 7.05 Å². The molecule has 0 amide bonds. The van der Waals surface area contributed by atoms with Gasteiger partial charge in [-0.3, -0.25) is 10.1 Å². The van der Waals surface area contributed by atoms with Crippen LogP contribution in [0.15, 0.2) is 21.7 Å². The number of nitrogens with zero attached hydrogens (tertiary/aromatic N) is 4. The Morgan fingerprint density at radius 1 is 1.53 bits per heavy atom. The summed E-state index contributed by atoms with van der Waals surface area (Å²) in [7, 11) is 1.75. The van der Waals surface area contributed by atoms with Crippen LogP contribution < -0.4 is 0 Å². The summed E-state index contributed by atoms with van der Waals surface area (Å²) in [6.07, 6.45) is 0.666. The number of thioether (sulfide) groups is 1. The first-order valence-corrected chi connectivity index (χ1v) is 6.49. The van der Waals surface area contributed by atoms with Gasteiger partial charge >= 0.3 is 5.88 Å². The Kier molecular flexibility index (Phi) is 4.17. The minimum absolute atomic E-state index is 0.127. The largest absolute Gasteiger partial charge is 0.433 e. The third kappa shape index (κ3) is 2.93. The van der Waals surface area contributed by atoms with Gasteiger partial charge in [-0.25, -0.2) is 0 Å². The van der Waals surface area contributed by atoms with Crippen molar-refractivity contribution in [2.75, 3.05) is 12.4 Å². The zero-order chi connectivity index (χ0) is 13.8. The fourth-order valence-corrected chi connectivity index (χ4v) is 2.26. The molecule has 0 fully saturated rings. The predicted molar refractivity (Wildman–Crippen MR) is 67.8 cm³/mol. The molecule has 0 saturated heterocycles. The van der Waals surface area contributed by atoms with Crippen molar-refractivity contribution in [3.63, 3.8) is 0 Å². The molecule has 0 aliphatic heterocycles. The van der Waals surface area contributed by atoms with E-state index in [4.69, 9.17) is 9.52 Å². The van der Waals surface area contributed by atoms with Crippen molar-refractivity contribution >= 4 is 17.6 Å². The average molecular weight is 284 g/mol. The second-order valence-electron chi connectivity index (χ2n) is 3.69. The Labute approximate surface area is 112 Å². The molecule has 0 aliphatic carbocycles. The zero-order valence-electron chi connectivity index (χ0n) is 10.1. The summed E-state index contributed by atoms with van der Waals surface area (Å²) in [5, 5.41) is 27.9. The smallest absolute Gasteiger partial charge is 0.397 e. The molecule has 0 aliphatic rings. The quantitative estimate of drug-likeness (QED) is 0.370. The summed E-state index contributed by atoms with van der Waals surface area (Å²) in [6.45, 7) is 0.127. The first kappa shape index (κ1) is 13.6. The number of aromatic nitrogens is 3. The minimum Gasteiger partial charge on any atom is -0.397 e. The standard InChI is InChI=1S/C10H12N4O4S/c1-13-9(7-3-4-8(18-7)14(16)17)11-12-10(13)19-6-2-5-15/h3-4,15H,2,5-6H2,1H3. The third-order valence-corrected chi connectivity index (χ3v) is 3.47. The van der Waals surface area contributed by atoms with Gasteiger partial charge in [-0.2, -0.15) is 0 Å². The van der Waals surface area contributed by atoms with Gasteiger partial charge in [-0.05, 0) is 12.5 Å². The fraction of sp³-hybridized carbons (Fsp3) is 0.400. The van der Waals surface area contributed by atoms with Gasteiger partial charge in [-0.15, -0.1) is 10.2 Å². The van der Waals surface area contributed by atoms with Gasteiger partial charge in [0.25, 0.3) is 0 Å². The van der Waals surface area contributed by atoms with Gasteiger partial charge in [0.15, 0.2) is 10.9 Å². The van der Waals surface area contributed by atoms with Crippen LogP contribution >= 0.6 is 11.8 Å². The summed E-state index contributed by atoms with van der Waals surface area (Å²) in [4.78, 5) is 9.95. The van der Waals surface area contributed by atoms with Crippen molar-refractivity contribution in [3.8, 4) is 11.6 Å². The third-order valence-electron chi connectivity index (χ3n) is 2.36. The van der Waals surface area contributed by atoms with Crippen molar-refractivity contribution in [1.82, 2.24) is 14.8 Å². The molecule has 2 aromatic rings. The first-order chi connectivity index (χ1) is 9.13. The van der Waals surface area contributed by atoms with Gasteiger partial charge in [0.1, 0.15) is 4.92 Å². The Bertz CT molecular complexity index is 580. The minimum atomic E-state index is -0.600. The van der Waals surface area contributed by atoms with E-state index in [0.717, 1.165) is 5.75 Å². The highest BCUT2D eigenvalue weighted by Gasteiger charge is 2.18. The highest BCUT2D eigenvalue weighted by molar-refractivity contribution is 7.99. The van der Waals surface area contributed by atoms with Crippen LogP contribution in [0.2, 0.25) is 0 Å². The lowest BCUT2D eigenvalue weighted by molar-refractivity contribution is -0.401. The molecule has 2 heterocycles. The van der Waals surface area contributed by atoms with Crippen molar-refractivity contribution in [3.05, 3.63) is 22.2 Å². The highest BCUT2D eigenvalue weighted by Crippen LogP contribution is 2.27. The number of aliphatic hydroxyl groups excluding tert-OH is 1. The average Bonchev–Trinajstić information content (AvgIpc) is 2.97. The van der Waals surface area contributed by atoms with Crippen molar-refractivity contribution in [1.29, 1.82) is 0 Å². The maximum absolute atomic E-state index is 10.6. The van der Waals surface area contributed by atoms with E-state index < -0.39 is 4.92 Å². The number of aliphatic hydroxyl groups is 1. The van der Waals surface area contributed by atoms with Crippen LogP contribution in [0, 0.1) is 10.1 Å². The van der Waals surface area contributed by atoms with E-state index in [1.165, 1.54) is 23.9 Å². The molecule has 1 N–H and O–H groups in total. The zero-order valence-corrected chi connectivity index (χ0v) is 11.0. The van der Waals surface area contributed by atoms with Crippen LogP contribution in [0.4, 0.5) is 5.88 Å². The first-order valence-electron chi connectivity index (χ1n) is 5.51. The van der Waals surface area contributed by atoms with E-state index in [2.05, 4.69) is 10.2 Å². The second-order valence-corrected chi connectivity index (χ2v) is 4.75. The molecule has 0 spiro atoms. The molecule has 0 unspecified atom stereocenters. The van der Waals surface area contributed by atoms with Crippen molar-refractivity contribution in [2.45, 2.75) is 11.6 Å². The summed E-state index contributed by atoms with van der Waals surface area (Å²) in [6, 6.07) is 2.77. The van der Waals surface area contributed by atoms with Gasteiger partial charge in [0.05, 0.1) is 6.07 Å². The number of hydrogen-bond acceptors (Lipinski definition) is 7. The maximum atomic E-state index is 10.6. The molecular formula is C10H12N4O4S. The monoisotopic (exact) mass is 284 g/mol. The Morgan fingerprint density at radius 2 is 2.32 bits per heavy atom. The lowest BCUT2D eigenvalue weighted by atomic mass is 10.4. The van der Waals surface area contributed by atoms with E-state index >= 15 is 0 Å². The van der Waals surface area contributed by atoms with Gasteiger partial charge in [0, 0.05) is 19.4 Å². The van der Waals surface area contributed by atoms with E-state index in [9.17, 15) is 10.1 Å². The van der Waals surface area contributed by atoms with Gasteiger partial charge in [0.2, 0.25) is 5.82 Å². The summed E-state index contributed by atoms with van der Waals surface area (Å²) < 4.78 is 6.78. The van der Waals surface area contributed by atoms with E-state index in [1.54, 1.807) is 11.6 Å². The molecule has 8 nitrogen and oxygen atoms in total. The van der Waals surface area contributed by atoms with Crippen molar-refractivity contribution < 1.29 is 14.4 Å². The fourth-order valence-electron chi connectivity index (χ4n) is 1.43. The second kappa shape index (κ2) is 5.85. The molecule has 2 aromatic heterocycles. The lowest BCUT2D eigenvalue weighted by Crippen LogP contribution is -1.95. The Hall–Kier alpha value is -1.87. The SMILES string of the molecule is Cn1c(SCCCO)nnc1-c1ccc([N+](=O)[O-])o1. The van der Waals surface area contributed by atoms with E-state index in [-0.39, 0.29) is 12.5 Å². The summed E-state index contributed by atoms with van der Waals surface area (Å²) >= 11 is 1.45. The van der Waals surface area contributed by atoms with Crippen LogP contribution in [0.1, 0.15) is 6.42 Å². The maximum Gasteiger partial charge on any atom is 0.433 e. The molecule has 0 aromatic carbocycles. The van der Waals surface area contributed by atoms with Crippen LogP contribution in [0.5, 0.6) is 0 Å². The molecule has 0 radical (unpaired) electrons.